The fourth-order valence-corrected chi connectivity index (χ4v) is 1.84. The Morgan fingerprint density at radius 1 is 1.29 bits per heavy atom. The molecule has 0 atom stereocenters. The third-order valence-corrected chi connectivity index (χ3v) is 2.74. The van der Waals surface area contributed by atoms with Crippen molar-refractivity contribution in [2.24, 2.45) is 0 Å². The van der Waals surface area contributed by atoms with Crippen LogP contribution in [0.3, 0.4) is 0 Å². The van der Waals surface area contributed by atoms with Crippen LogP contribution < -0.4 is 0 Å². The lowest BCUT2D eigenvalue weighted by Gasteiger charge is -2.28. The number of aliphatic hydroxyl groups excluding tert-OH is 1. The molecule has 1 aromatic carbocycles. The van der Waals surface area contributed by atoms with Gasteiger partial charge in [-0.2, -0.15) is 0 Å². The highest BCUT2D eigenvalue weighted by Crippen LogP contribution is 2.27. The maximum absolute atomic E-state index is 8.80. The van der Waals surface area contributed by atoms with Crippen LogP contribution in [0.25, 0.3) is 0 Å². The first-order valence-corrected chi connectivity index (χ1v) is 5.18. The molecule has 1 heterocycles. The van der Waals surface area contributed by atoms with Crippen molar-refractivity contribution in [2.75, 3.05) is 19.8 Å². The fraction of sp³-hybridized carbons (Fsp3) is 0.500. The summed E-state index contributed by atoms with van der Waals surface area (Å²) in [6.45, 7) is 1.99. The lowest BCUT2D eigenvalue weighted by molar-refractivity contribution is 0.00805. The van der Waals surface area contributed by atoms with Gasteiger partial charge in [0.15, 0.2) is 0 Å². The standard InChI is InChI=1S/C12H16O2/c13-7-3-5-10-4-1-2-6-12(10)11-8-14-9-11/h1-2,4,6,11,13H,3,5,7-9H2. The van der Waals surface area contributed by atoms with E-state index in [1.807, 2.05) is 0 Å². The number of aliphatic hydroxyl groups is 1. The smallest absolute Gasteiger partial charge is 0.0557 e. The summed E-state index contributed by atoms with van der Waals surface area (Å²) in [6, 6.07) is 8.48. The summed E-state index contributed by atoms with van der Waals surface area (Å²) in [5.41, 5.74) is 2.78. The van der Waals surface area contributed by atoms with E-state index < -0.39 is 0 Å². The van der Waals surface area contributed by atoms with Gasteiger partial charge < -0.3 is 9.84 Å². The van der Waals surface area contributed by atoms with Crippen LogP contribution in [0, 0.1) is 0 Å². The third kappa shape index (κ3) is 1.97. The molecule has 1 aromatic rings. The van der Waals surface area contributed by atoms with Crippen LogP contribution >= 0.6 is 0 Å². The lowest BCUT2D eigenvalue weighted by Crippen LogP contribution is -2.26. The second-order valence-electron chi connectivity index (χ2n) is 3.76. The van der Waals surface area contributed by atoms with Gasteiger partial charge >= 0.3 is 0 Å². The van der Waals surface area contributed by atoms with Gasteiger partial charge in [0.1, 0.15) is 0 Å². The maximum atomic E-state index is 8.80. The average molecular weight is 192 g/mol. The largest absolute Gasteiger partial charge is 0.396 e. The summed E-state index contributed by atoms with van der Waals surface area (Å²) >= 11 is 0. The van der Waals surface area contributed by atoms with Gasteiger partial charge in [0.2, 0.25) is 0 Å². The molecule has 1 saturated heterocycles. The van der Waals surface area contributed by atoms with Crippen molar-refractivity contribution in [1.82, 2.24) is 0 Å². The van der Waals surface area contributed by atoms with Crippen molar-refractivity contribution in [1.29, 1.82) is 0 Å². The van der Waals surface area contributed by atoms with E-state index in [4.69, 9.17) is 9.84 Å². The Labute approximate surface area is 84.5 Å². The highest BCUT2D eigenvalue weighted by Gasteiger charge is 2.22. The second kappa shape index (κ2) is 4.58. The maximum Gasteiger partial charge on any atom is 0.0557 e. The molecule has 0 spiro atoms. The molecule has 1 N–H and O–H groups in total. The van der Waals surface area contributed by atoms with Crippen LogP contribution in [0.4, 0.5) is 0 Å². The number of aryl methyl sites for hydroxylation is 1. The van der Waals surface area contributed by atoms with Gasteiger partial charge in [-0.1, -0.05) is 24.3 Å². The molecule has 0 radical (unpaired) electrons. The Morgan fingerprint density at radius 3 is 2.71 bits per heavy atom. The summed E-state index contributed by atoms with van der Waals surface area (Å²) in [6.07, 6.45) is 1.83. The summed E-state index contributed by atoms with van der Waals surface area (Å²) in [5.74, 6) is 0.588. The van der Waals surface area contributed by atoms with Gasteiger partial charge in [0, 0.05) is 12.5 Å². The molecule has 0 amide bonds. The van der Waals surface area contributed by atoms with E-state index in [2.05, 4.69) is 24.3 Å². The molecule has 0 aliphatic carbocycles. The van der Waals surface area contributed by atoms with Crippen LogP contribution in [-0.2, 0) is 11.2 Å². The Balaban J connectivity index is 2.11. The molecule has 14 heavy (non-hydrogen) atoms. The summed E-state index contributed by atoms with van der Waals surface area (Å²) in [7, 11) is 0. The van der Waals surface area contributed by atoms with Gasteiger partial charge in [-0.15, -0.1) is 0 Å². The quantitative estimate of drug-likeness (QED) is 0.787. The fourth-order valence-electron chi connectivity index (χ4n) is 1.84. The van der Waals surface area contributed by atoms with Gasteiger partial charge in [-0.25, -0.2) is 0 Å². The SMILES string of the molecule is OCCCc1ccccc1C1COC1. The summed E-state index contributed by atoms with van der Waals surface area (Å²) < 4.78 is 5.20. The van der Waals surface area contributed by atoms with Crippen LogP contribution in [0.2, 0.25) is 0 Å². The van der Waals surface area contributed by atoms with Crippen molar-refractivity contribution in [3.05, 3.63) is 35.4 Å². The van der Waals surface area contributed by atoms with Gasteiger partial charge in [0.25, 0.3) is 0 Å². The van der Waals surface area contributed by atoms with Crippen molar-refractivity contribution in [2.45, 2.75) is 18.8 Å². The number of hydrogen-bond donors (Lipinski definition) is 1. The Hall–Kier alpha value is -0.860. The van der Waals surface area contributed by atoms with E-state index in [1.165, 1.54) is 11.1 Å². The molecule has 0 saturated carbocycles. The van der Waals surface area contributed by atoms with Gasteiger partial charge in [0.05, 0.1) is 13.2 Å². The first kappa shape index (κ1) is 9.69. The average Bonchev–Trinajstić information content (AvgIpc) is 2.14. The Bertz CT molecular complexity index is 292. The second-order valence-corrected chi connectivity index (χ2v) is 3.76. The zero-order valence-corrected chi connectivity index (χ0v) is 8.28. The highest BCUT2D eigenvalue weighted by atomic mass is 16.5. The lowest BCUT2D eigenvalue weighted by atomic mass is 9.91. The Kier molecular flexibility index (Phi) is 3.17. The van der Waals surface area contributed by atoms with E-state index >= 15 is 0 Å². The van der Waals surface area contributed by atoms with Crippen LogP contribution in [0.5, 0.6) is 0 Å². The first-order valence-electron chi connectivity index (χ1n) is 5.18. The molecule has 2 rings (SSSR count). The van der Waals surface area contributed by atoms with E-state index in [-0.39, 0.29) is 6.61 Å². The van der Waals surface area contributed by atoms with E-state index in [1.54, 1.807) is 0 Å². The molecule has 1 fully saturated rings. The normalized spacial score (nSPS) is 16.6. The minimum Gasteiger partial charge on any atom is -0.396 e. The minimum absolute atomic E-state index is 0.273. The van der Waals surface area contributed by atoms with Crippen molar-refractivity contribution in [3.8, 4) is 0 Å². The molecular weight excluding hydrogens is 176 g/mol. The first-order chi connectivity index (χ1) is 6.92. The highest BCUT2D eigenvalue weighted by molar-refractivity contribution is 5.31. The summed E-state index contributed by atoms with van der Waals surface area (Å²) in [5, 5.41) is 8.80. The van der Waals surface area contributed by atoms with Crippen molar-refractivity contribution in [3.63, 3.8) is 0 Å². The van der Waals surface area contributed by atoms with E-state index in [0.29, 0.717) is 5.92 Å². The zero-order chi connectivity index (χ0) is 9.80. The minimum atomic E-state index is 0.273. The van der Waals surface area contributed by atoms with Crippen LogP contribution in [0.1, 0.15) is 23.5 Å². The van der Waals surface area contributed by atoms with Crippen molar-refractivity contribution < 1.29 is 9.84 Å². The molecule has 2 nitrogen and oxygen atoms in total. The monoisotopic (exact) mass is 192 g/mol. The van der Waals surface area contributed by atoms with Crippen molar-refractivity contribution >= 4 is 0 Å². The van der Waals surface area contributed by atoms with Crippen LogP contribution in [0.15, 0.2) is 24.3 Å². The molecule has 76 valence electrons. The third-order valence-electron chi connectivity index (χ3n) is 2.74. The number of ether oxygens (including phenoxy) is 1. The molecule has 0 bridgehead atoms. The molecular formula is C12H16O2. The van der Waals surface area contributed by atoms with E-state index in [0.717, 1.165) is 26.1 Å². The topological polar surface area (TPSA) is 29.5 Å². The number of hydrogen-bond acceptors (Lipinski definition) is 2. The molecule has 0 aromatic heterocycles. The molecule has 1 aliphatic rings. The van der Waals surface area contributed by atoms with Gasteiger partial charge in [-0.3, -0.25) is 0 Å². The molecule has 0 unspecified atom stereocenters. The Morgan fingerprint density at radius 2 is 2.07 bits per heavy atom. The van der Waals surface area contributed by atoms with Gasteiger partial charge in [-0.05, 0) is 24.0 Å². The zero-order valence-electron chi connectivity index (χ0n) is 8.28. The predicted molar refractivity (Wildman–Crippen MR) is 55.4 cm³/mol. The van der Waals surface area contributed by atoms with E-state index in [9.17, 15) is 0 Å². The number of rotatable bonds is 4. The molecule has 1 aliphatic heterocycles. The number of benzene rings is 1. The van der Waals surface area contributed by atoms with Crippen LogP contribution in [-0.4, -0.2) is 24.9 Å². The summed E-state index contributed by atoms with van der Waals surface area (Å²) in [4.78, 5) is 0. The predicted octanol–water partition coefficient (Wildman–Crippen LogP) is 1.73. The molecule has 2 heteroatoms.